The van der Waals surface area contributed by atoms with Crippen LogP contribution in [0.5, 0.6) is 0 Å². The van der Waals surface area contributed by atoms with Gasteiger partial charge in [-0.3, -0.25) is 4.90 Å². The number of hydrogen-bond donors (Lipinski definition) is 0. The van der Waals surface area contributed by atoms with Gasteiger partial charge in [-0.1, -0.05) is 12.1 Å². The topological polar surface area (TPSA) is 66.9 Å². The molecule has 1 fully saturated rings. The van der Waals surface area contributed by atoms with E-state index in [1.165, 1.54) is 12.1 Å². The van der Waals surface area contributed by atoms with E-state index in [-0.39, 0.29) is 6.09 Å². The van der Waals surface area contributed by atoms with E-state index in [0.29, 0.717) is 32.7 Å². The minimum Gasteiger partial charge on any atom is -0.447 e. The smallest absolute Gasteiger partial charge is 0.414 e. The lowest BCUT2D eigenvalue weighted by Crippen LogP contribution is -2.33. The fourth-order valence-corrected chi connectivity index (χ4v) is 4.35. The predicted octanol–water partition coefficient (Wildman–Crippen LogP) is 3.20. The number of amides is 1. The van der Waals surface area contributed by atoms with Crippen LogP contribution >= 0.6 is 0 Å². The SMILES string of the molecule is O=C1OCCN1c1cccc2c1CCN(c1ccc(S(=O)(=O)C(F)F)cc1)C2. The van der Waals surface area contributed by atoms with Gasteiger partial charge in [-0.05, 0) is 47.9 Å². The summed E-state index contributed by atoms with van der Waals surface area (Å²) in [6.07, 6.45) is 0.360. The summed E-state index contributed by atoms with van der Waals surface area (Å²) >= 11 is 0. The van der Waals surface area contributed by atoms with Crippen molar-refractivity contribution in [3.8, 4) is 0 Å². The zero-order valence-electron chi connectivity index (χ0n) is 14.8. The van der Waals surface area contributed by atoms with E-state index in [1.807, 2.05) is 23.1 Å². The summed E-state index contributed by atoms with van der Waals surface area (Å²) in [6, 6.07) is 11.3. The molecule has 1 saturated heterocycles. The molecule has 0 unspecified atom stereocenters. The van der Waals surface area contributed by atoms with Gasteiger partial charge in [-0.15, -0.1) is 0 Å². The molecule has 0 N–H and O–H groups in total. The highest BCUT2D eigenvalue weighted by molar-refractivity contribution is 7.91. The highest BCUT2D eigenvalue weighted by Crippen LogP contribution is 2.33. The predicted molar refractivity (Wildman–Crippen MR) is 99.5 cm³/mol. The normalized spacial score (nSPS) is 17.0. The number of halogens is 2. The quantitative estimate of drug-likeness (QED) is 0.777. The van der Waals surface area contributed by atoms with E-state index in [0.717, 1.165) is 22.5 Å². The second-order valence-corrected chi connectivity index (χ2v) is 8.57. The Morgan fingerprint density at radius 2 is 1.79 bits per heavy atom. The van der Waals surface area contributed by atoms with Crippen LogP contribution in [0.3, 0.4) is 0 Å². The van der Waals surface area contributed by atoms with Crippen LogP contribution in [0.15, 0.2) is 47.4 Å². The summed E-state index contributed by atoms with van der Waals surface area (Å²) in [5.74, 6) is -3.43. The molecule has 4 rings (SSSR count). The number of nitrogens with zero attached hydrogens (tertiary/aromatic N) is 2. The Hall–Kier alpha value is -2.68. The molecule has 0 saturated carbocycles. The first-order valence-electron chi connectivity index (χ1n) is 8.80. The summed E-state index contributed by atoms with van der Waals surface area (Å²) in [7, 11) is -4.59. The van der Waals surface area contributed by atoms with E-state index in [2.05, 4.69) is 0 Å². The summed E-state index contributed by atoms with van der Waals surface area (Å²) < 4.78 is 53.5. The summed E-state index contributed by atoms with van der Waals surface area (Å²) in [5.41, 5.74) is 3.77. The largest absolute Gasteiger partial charge is 0.447 e. The van der Waals surface area contributed by atoms with Crippen LogP contribution in [-0.2, 0) is 27.5 Å². The highest BCUT2D eigenvalue weighted by Gasteiger charge is 2.29. The van der Waals surface area contributed by atoms with Gasteiger partial charge in [0.1, 0.15) is 6.61 Å². The van der Waals surface area contributed by atoms with Crippen LogP contribution in [0.2, 0.25) is 0 Å². The van der Waals surface area contributed by atoms with E-state index in [1.54, 1.807) is 17.0 Å². The third-order valence-corrected chi connectivity index (χ3v) is 6.46. The van der Waals surface area contributed by atoms with Crippen molar-refractivity contribution in [3.63, 3.8) is 0 Å². The van der Waals surface area contributed by atoms with Crippen molar-refractivity contribution >= 4 is 27.3 Å². The van der Waals surface area contributed by atoms with Crippen molar-refractivity contribution in [2.45, 2.75) is 23.6 Å². The summed E-state index contributed by atoms with van der Waals surface area (Å²) in [5, 5.41) is 0. The lowest BCUT2D eigenvalue weighted by Gasteiger charge is -2.33. The third kappa shape index (κ3) is 3.19. The van der Waals surface area contributed by atoms with Crippen molar-refractivity contribution in [2.24, 2.45) is 0 Å². The van der Waals surface area contributed by atoms with E-state index >= 15 is 0 Å². The average molecular weight is 408 g/mol. The molecule has 0 atom stereocenters. The monoisotopic (exact) mass is 408 g/mol. The van der Waals surface area contributed by atoms with Crippen molar-refractivity contribution < 1.29 is 26.7 Å². The van der Waals surface area contributed by atoms with Gasteiger partial charge in [0, 0.05) is 18.8 Å². The van der Waals surface area contributed by atoms with Crippen LogP contribution in [0, 0.1) is 0 Å². The molecule has 0 aliphatic carbocycles. The molecule has 2 aromatic carbocycles. The number of anilines is 2. The number of hydrogen-bond acceptors (Lipinski definition) is 5. The first-order valence-corrected chi connectivity index (χ1v) is 10.3. The fraction of sp³-hybridized carbons (Fsp3) is 0.316. The fourth-order valence-electron chi connectivity index (χ4n) is 3.62. The van der Waals surface area contributed by atoms with Gasteiger partial charge in [0.25, 0.3) is 0 Å². The Kier molecular flexibility index (Phi) is 4.70. The van der Waals surface area contributed by atoms with Crippen molar-refractivity contribution in [3.05, 3.63) is 53.6 Å². The van der Waals surface area contributed by atoms with E-state index < -0.39 is 20.5 Å². The van der Waals surface area contributed by atoms with Gasteiger partial charge in [0.05, 0.1) is 17.1 Å². The third-order valence-electron chi connectivity index (χ3n) is 5.06. The number of benzene rings is 2. The molecule has 0 radical (unpaired) electrons. The standard InChI is InChI=1S/C19H18F2N2O4S/c20-18(21)28(25,26)15-6-4-14(5-7-15)22-9-8-16-13(12-22)2-1-3-17(16)23-10-11-27-19(23)24/h1-7,18H,8-12H2. The number of carbonyl (C=O) groups is 1. The Balaban J connectivity index is 1.57. The maximum absolute atomic E-state index is 12.7. The molecule has 0 aromatic heterocycles. The van der Waals surface area contributed by atoms with Crippen molar-refractivity contribution in [1.82, 2.24) is 0 Å². The van der Waals surface area contributed by atoms with Gasteiger partial charge in [0.2, 0.25) is 9.84 Å². The molecule has 28 heavy (non-hydrogen) atoms. The van der Waals surface area contributed by atoms with Crippen LogP contribution in [0.4, 0.5) is 25.0 Å². The number of cyclic esters (lactones) is 1. The second kappa shape index (κ2) is 7.05. The average Bonchev–Trinajstić information content (AvgIpc) is 3.12. The number of fused-ring (bicyclic) bond motifs is 1. The molecule has 148 valence electrons. The number of alkyl halides is 2. The van der Waals surface area contributed by atoms with Crippen molar-refractivity contribution in [2.75, 3.05) is 29.5 Å². The van der Waals surface area contributed by atoms with Crippen LogP contribution in [0.1, 0.15) is 11.1 Å². The van der Waals surface area contributed by atoms with Gasteiger partial charge >= 0.3 is 11.9 Å². The summed E-state index contributed by atoms with van der Waals surface area (Å²) in [6.45, 7) is 2.14. The molecule has 1 amide bonds. The molecular formula is C19H18F2N2O4S. The first kappa shape index (κ1) is 18.7. The Morgan fingerprint density at radius 1 is 1.04 bits per heavy atom. The number of ether oxygens (including phenoxy) is 1. The lowest BCUT2D eigenvalue weighted by atomic mass is 9.96. The molecule has 9 heteroatoms. The Morgan fingerprint density at radius 3 is 2.43 bits per heavy atom. The van der Waals surface area contributed by atoms with Gasteiger partial charge in [0.15, 0.2) is 0 Å². The molecule has 2 heterocycles. The van der Waals surface area contributed by atoms with E-state index in [4.69, 9.17) is 4.74 Å². The molecule has 2 aliphatic rings. The van der Waals surface area contributed by atoms with Gasteiger partial charge in [-0.2, -0.15) is 8.78 Å². The number of rotatable bonds is 4. The molecule has 0 spiro atoms. The van der Waals surface area contributed by atoms with Crippen molar-refractivity contribution in [1.29, 1.82) is 0 Å². The zero-order valence-corrected chi connectivity index (χ0v) is 15.7. The van der Waals surface area contributed by atoms with E-state index in [9.17, 15) is 22.0 Å². The molecule has 0 bridgehead atoms. The highest BCUT2D eigenvalue weighted by atomic mass is 32.2. The molecular weight excluding hydrogens is 390 g/mol. The molecule has 2 aliphatic heterocycles. The van der Waals surface area contributed by atoms with Gasteiger partial charge in [-0.25, -0.2) is 13.2 Å². The Labute approximate surface area is 161 Å². The number of carbonyl (C=O) groups excluding carboxylic acids is 1. The zero-order chi connectivity index (χ0) is 19.9. The van der Waals surface area contributed by atoms with Crippen LogP contribution in [0.25, 0.3) is 0 Å². The maximum atomic E-state index is 12.7. The molecule has 2 aromatic rings. The first-order chi connectivity index (χ1) is 13.4. The minimum absolute atomic E-state index is 0.341. The second-order valence-electron chi connectivity index (χ2n) is 6.65. The summed E-state index contributed by atoms with van der Waals surface area (Å²) in [4.78, 5) is 15.2. The van der Waals surface area contributed by atoms with Crippen LogP contribution in [-0.4, -0.2) is 40.0 Å². The Bertz CT molecular complexity index is 1010. The minimum atomic E-state index is -4.59. The van der Waals surface area contributed by atoms with Gasteiger partial charge < -0.3 is 9.64 Å². The number of sulfone groups is 1. The molecule has 6 nitrogen and oxygen atoms in total. The van der Waals surface area contributed by atoms with Crippen LogP contribution < -0.4 is 9.80 Å². The lowest BCUT2D eigenvalue weighted by molar-refractivity contribution is 0.181. The maximum Gasteiger partial charge on any atom is 0.414 e.